The fraction of sp³-hybridized carbons (Fsp3) is 0.407. The number of rotatable bonds is 3. The Morgan fingerprint density at radius 1 is 0.971 bits per heavy atom. The Balaban J connectivity index is 1.91. The van der Waals surface area contributed by atoms with Crippen molar-refractivity contribution >= 4 is 29.0 Å². The molecule has 1 aliphatic heterocycles. The summed E-state index contributed by atoms with van der Waals surface area (Å²) in [6.45, 7) is 10.1. The lowest BCUT2D eigenvalue weighted by Gasteiger charge is -2.42. The maximum Gasteiger partial charge on any atom is 0.417 e. The van der Waals surface area contributed by atoms with Gasteiger partial charge in [-0.3, -0.25) is 14.9 Å². The summed E-state index contributed by atoms with van der Waals surface area (Å²) in [7, 11) is 0. The molecule has 2 aromatic rings. The highest BCUT2D eigenvalue weighted by atomic mass is 32.2. The number of amides is 2. The maximum absolute atomic E-state index is 14.3. The van der Waals surface area contributed by atoms with Gasteiger partial charge < -0.3 is 0 Å². The van der Waals surface area contributed by atoms with Crippen molar-refractivity contribution in [3.63, 3.8) is 0 Å². The van der Waals surface area contributed by atoms with Gasteiger partial charge in [-0.2, -0.15) is 13.2 Å². The third kappa shape index (κ3) is 4.42. The van der Waals surface area contributed by atoms with E-state index in [2.05, 4.69) is 19.2 Å². The summed E-state index contributed by atoms with van der Waals surface area (Å²) < 4.78 is 43.0. The summed E-state index contributed by atoms with van der Waals surface area (Å²) in [5.41, 5.74) is 2.72. The van der Waals surface area contributed by atoms with Gasteiger partial charge in [-0.05, 0) is 93.4 Å². The molecule has 4 rings (SSSR count). The first-order valence-corrected chi connectivity index (χ1v) is 12.2. The van der Waals surface area contributed by atoms with Gasteiger partial charge in [0.25, 0.3) is 11.1 Å². The van der Waals surface area contributed by atoms with Crippen LogP contribution in [0.4, 0.5) is 18.0 Å². The molecule has 0 bridgehead atoms. The van der Waals surface area contributed by atoms with Gasteiger partial charge in [0.15, 0.2) is 0 Å². The Bertz CT molecular complexity index is 1230. The Hall–Kier alpha value is -2.54. The highest BCUT2D eigenvalue weighted by Gasteiger charge is 2.42. The molecule has 1 N–H and O–H groups in total. The second-order valence-electron chi connectivity index (χ2n) is 10.3. The largest absolute Gasteiger partial charge is 0.417 e. The predicted octanol–water partition coefficient (Wildman–Crippen LogP) is 7.61. The van der Waals surface area contributed by atoms with Gasteiger partial charge in [-0.15, -0.1) is 0 Å². The molecule has 2 amide bonds. The fourth-order valence-electron chi connectivity index (χ4n) is 4.90. The molecule has 1 fully saturated rings. The second kappa shape index (κ2) is 8.29. The van der Waals surface area contributed by atoms with Crippen LogP contribution < -0.4 is 5.32 Å². The molecule has 0 aromatic heterocycles. The van der Waals surface area contributed by atoms with E-state index in [4.69, 9.17) is 0 Å². The number of alkyl halides is 3. The lowest BCUT2D eigenvalue weighted by Crippen LogP contribution is -2.34. The van der Waals surface area contributed by atoms with Crippen molar-refractivity contribution in [2.75, 3.05) is 0 Å². The van der Waals surface area contributed by atoms with Crippen molar-refractivity contribution < 1.29 is 22.8 Å². The van der Waals surface area contributed by atoms with Crippen molar-refractivity contribution in [1.82, 2.24) is 5.32 Å². The summed E-state index contributed by atoms with van der Waals surface area (Å²) in [5.74, 6) is -0.462. The minimum Gasteiger partial charge on any atom is -0.282 e. The van der Waals surface area contributed by atoms with Crippen LogP contribution in [-0.2, 0) is 28.2 Å². The molecule has 2 aliphatic rings. The van der Waals surface area contributed by atoms with Gasteiger partial charge in [0.1, 0.15) is 0 Å². The molecule has 2 aromatic carbocycles. The van der Waals surface area contributed by atoms with Crippen molar-refractivity contribution in [3.05, 3.63) is 63.1 Å². The van der Waals surface area contributed by atoms with E-state index in [-0.39, 0.29) is 21.3 Å². The Morgan fingerprint density at radius 2 is 1.59 bits per heavy atom. The van der Waals surface area contributed by atoms with Gasteiger partial charge >= 0.3 is 6.18 Å². The summed E-state index contributed by atoms with van der Waals surface area (Å²) in [6, 6.07) is 8.32. The third-order valence-electron chi connectivity index (χ3n) is 7.04. The van der Waals surface area contributed by atoms with Gasteiger partial charge in [0.2, 0.25) is 0 Å². The molecular weight excluding hydrogens is 459 g/mol. The van der Waals surface area contributed by atoms with Crippen LogP contribution in [0.15, 0.2) is 35.2 Å². The number of hydrogen-bond donors (Lipinski definition) is 1. The van der Waals surface area contributed by atoms with E-state index >= 15 is 0 Å². The van der Waals surface area contributed by atoms with E-state index in [1.165, 1.54) is 6.07 Å². The highest BCUT2D eigenvalue weighted by molar-refractivity contribution is 8.18. The molecule has 7 heteroatoms. The number of thioether (sulfide) groups is 1. The first kappa shape index (κ1) is 24.6. The van der Waals surface area contributed by atoms with Gasteiger partial charge in [-0.1, -0.05) is 52.8 Å². The van der Waals surface area contributed by atoms with Crippen molar-refractivity contribution in [1.29, 1.82) is 0 Å². The maximum atomic E-state index is 14.3. The quantitative estimate of drug-likeness (QED) is 0.453. The van der Waals surface area contributed by atoms with Crippen LogP contribution in [0.3, 0.4) is 0 Å². The lowest BCUT2D eigenvalue weighted by atomic mass is 9.62. The Morgan fingerprint density at radius 3 is 2.12 bits per heavy atom. The molecule has 34 heavy (non-hydrogen) atoms. The van der Waals surface area contributed by atoms with E-state index in [1.807, 2.05) is 20.8 Å². The zero-order chi connectivity index (χ0) is 25.1. The van der Waals surface area contributed by atoms with Crippen molar-refractivity contribution in [2.24, 2.45) is 0 Å². The Kier molecular flexibility index (Phi) is 6.00. The zero-order valence-electron chi connectivity index (χ0n) is 19.9. The first-order valence-electron chi connectivity index (χ1n) is 11.4. The number of benzene rings is 2. The van der Waals surface area contributed by atoms with Crippen LogP contribution in [-0.4, -0.2) is 11.1 Å². The average molecular weight is 488 g/mol. The number of halogens is 3. The summed E-state index contributed by atoms with van der Waals surface area (Å²) in [4.78, 5) is 23.6. The van der Waals surface area contributed by atoms with E-state index in [9.17, 15) is 22.8 Å². The van der Waals surface area contributed by atoms with Gasteiger partial charge in [0, 0.05) is 0 Å². The molecule has 0 saturated carbocycles. The van der Waals surface area contributed by atoms with E-state index in [1.54, 1.807) is 30.3 Å². The van der Waals surface area contributed by atoms with E-state index in [0.29, 0.717) is 17.5 Å². The third-order valence-corrected chi connectivity index (χ3v) is 7.85. The molecule has 0 unspecified atom stereocenters. The van der Waals surface area contributed by atoms with Crippen LogP contribution in [0.1, 0.15) is 75.3 Å². The minimum absolute atomic E-state index is 0.191. The molecule has 180 valence electrons. The topological polar surface area (TPSA) is 46.2 Å². The smallest absolute Gasteiger partial charge is 0.282 e. The Labute approximate surface area is 202 Å². The van der Waals surface area contributed by atoms with Crippen LogP contribution in [0.2, 0.25) is 0 Å². The summed E-state index contributed by atoms with van der Waals surface area (Å²) >= 11 is 0.816. The highest BCUT2D eigenvalue weighted by Crippen LogP contribution is 2.50. The predicted molar refractivity (Wildman–Crippen MR) is 131 cm³/mol. The van der Waals surface area contributed by atoms with Gasteiger partial charge in [-0.25, -0.2) is 0 Å². The standard InChI is InChI=1S/C27H28F3NO2S/c1-6-16-11-15(12-22-23(32)31-24(33)34-22)7-8-17(16)18-13-20-21(14-19(18)27(28,29)30)26(4,5)10-9-25(20,2)3/h7-8,11-14H,6,9-10H2,1-5H3,(H,31,32,33)/b22-12+. The van der Waals surface area contributed by atoms with E-state index < -0.39 is 22.9 Å². The number of imide groups is 1. The number of carbonyl (C=O) groups is 2. The number of hydrogen-bond acceptors (Lipinski definition) is 3. The SMILES string of the molecule is CCc1cc(/C=C2/SC(=O)NC2=O)ccc1-c1cc2c(cc1C(F)(F)F)C(C)(C)CCC2(C)C. The molecule has 0 spiro atoms. The van der Waals surface area contributed by atoms with Crippen molar-refractivity contribution in [3.8, 4) is 11.1 Å². The lowest BCUT2D eigenvalue weighted by molar-refractivity contribution is -0.137. The fourth-order valence-corrected chi connectivity index (χ4v) is 5.58. The first-order chi connectivity index (χ1) is 15.7. The van der Waals surface area contributed by atoms with Crippen LogP contribution in [0.25, 0.3) is 17.2 Å². The average Bonchev–Trinajstić information content (AvgIpc) is 3.06. The monoisotopic (exact) mass is 487 g/mol. The molecule has 3 nitrogen and oxygen atoms in total. The molecule has 0 radical (unpaired) electrons. The van der Waals surface area contributed by atoms with Crippen LogP contribution >= 0.6 is 11.8 Å². The normalized spacial score (nSPS) is 20.4. The molecule has 1 aliphatic carbocycles. The summed E-state index contributed by atoms with van der Waals surface area (Å²) in [5, 5.41) is 1.78. The van der Waals surface area contributed by atoms with Gasteiger partial charge in [0.05, 0.1) is 10.5 Å². The molecular formula is C27H28F3NO2S. The zero-order valence-corrected chi connectivity index (χ0v) is 20.8. The van der Waals surface area contributed by atoms with Crippen molar-refractivity contribution in [2.45, 2.75) is 70.9 Å². The second-order valence-corrected chi connectivity index (χ2v) is 11.3. The number of carbonyl (C=O) groups excluding carboxylic acids is 2. The number of nitrogens with one attached hydrogen (secondary N) is 1. The number of aryl methyl sites for hydroxylation is 1. The van der Waals surface area contributed by atoms with Crippen LogP contribution in [0, 0.1) is 0 Å². The number of fused-ring (bicyclic) bond motifs is 1. The van der Waals surface area contributed by atoms with E-state index in [0.717, 1.165) is 41.3 Å². The molecule has 1 heterocycles. The molecule has 0 atom stereocenters. The minimum atomic E-state index is -4.49. The summed E-state index contributed by atoms with van der Waals surface area (Å²) in [6.07, 6.45) is -0.637. The molecule has 1 saturated heterocycles. The van der Waals surface area contributed by atoms with Crippen LogP contribution in [0.5, 0.6) is 0 Å².